The van der Waals surface area contributed by atoms with Gasteiger partial charge in [-0.25, -0.2) is 0 Å². The zero-order valence-corrected chi connectivity index (χ0v) is 12.4. The van der Waals surface area contributed by atoms with Crippen LogP contribution in [-0.2, 0) is 17.1 Å². The van der Waals surface area contributed by atoms with Crippen LogP contribution in [-0.4, -0.2) is 74.4 Å². The Morgan fingerprint density at radius 2 is 1.26 bits per heavy atom. The Hall–Kier alpha value is 0.319. The molecule has 1 heterocycles. The van der Waals surface area contributed by atoms with Crippen molar-refractivity contribution >= 4 is 0 Å². The summed E-state index contributed by atoms with van der Waals surface area (Å²) in [6.45, 7) is 9.63. The van der Waals surface area contributed by atoms with Crippen molar-refractivity contribution in [2.24, 2.45) is 0 Å². The average molecular weight is 314 g/mol. The second-order valence-corrected chi connectivity index (χ2v) is 4.89. The SMILES string of the molecule is C.C[C@H]([O-])CN1CC[N-]CCN(C[C@H](C)[O-])CC1.[Fe+6]. The van der Waals surface area contributed by atoms with Crippen LogP contribution in [0, 0.1) is 0 Å². The summed E-state index contributed by atoms with van der Waals surface area (Å²) in [5.41, 5.74) is 0. The van der Waals surface area contributed by atoms with Gasteiger partial charge in [0.2, 0.25) is 0 Å². The van der Waals surface area contributed by atoms with E-state index >= 15 is 0 Å². The summed E-state index contributed by atoms with van der Waals surface area (Å²) in [6, 6.07) is 0. The Balaban J connectivity index is 0. The molecule has 0 bridgehead atoms. The minimum absolute atomic E-state index is 0. The molecule has 1 aliphatic rings. The Labute approximate surface area is 128 Å². The zero-order chi connectivity index (χ0) is 12.7. The van der Waals surface area contributed by atoms with E-state index in [0.29, 0.717) is 13.1 Å². The van der Waals surface area contributed by atoms with E-state index < -0.39 is 12.2 Å². The molecule has 1 rings (SSSR count). The summed E-state index contributed by atoms with van der Waals surface area (Å²) < 4.78 is 0. The number of rotatable bonds is 4. The maximum Gasteiger partial charge on any atom is 6.00 e. The summed E-state index contributed by atoms with van der Waals surface area (Å²) in [6.07, 6.45) is -1.11. The second kappa shape index (κ2) is 12.1. The Bertz CT molecular complexity index is 186. The van der Waals surface area contributed by atoms with Crippen molar-refractivity contribution < 1.29 is 27.3 Å². The molecule has 6 heteroatoms. The van der Waals surface area contributed by atoms with E-state index in [4.69, 9.17) is 0 Å². The van der Waals surface area contributed by atoms with Gasteiger partial charge in [0.1, 0.15) is 0 Å². The summed E-state index contributed by atoms with van der Waals surface area (Å²) in [7, 11) is 0. The summed E-state index contributed by atoms with van der Waals surface area (Å²) >= 11 is 0. The molecule has 0 spiro atoms. The minimum Gasteiger partial charge on any atom is -0.851 e. The molecular formula is C13H28FeN3O2+3. The monoisotopic (exact) mass is 314 g/mol. The molecule has 19 heavy (non-hydrogen) atoms. The van der Waals surface area contributed by atoms with E-state index in [1.54, 1.807) is 13.8 Å². The molecule has 0 amide bonds. The summed E-state index contributed by atoms with van der Waals surface area (Å²) in [4.78, 5) is 4.32. The minimum atomic E-state index is -0.553. The van der Waals surface area contributed by atoms with Gasteiger partial charge in [0.15, 0.2) is 0 Å². The van der Waals surface area contributed by atoms with Gasteiger partial charge in [-0.15, -0.1) is 25.3 Å². The Kier molecular flexibility index (Phi) is 13.8. The van der Waals surface area contributed by atoms with Crippen LogP contribution in [0.2, 0.25) is 0 Å². The predicted molar refractivity (Wildman–Crippen MR) is 71.6 cm³/mol. The summed E-state index contributed by atoms with van der Waals surface area (Å²) in [5, 5.41) is 26.8. The molecule has 1 aliphatic heterocycles. The van der Waals surface area contributed by atoms with Crippen molar-refractivity contribution in [2.45, 2.75) is 33.5 Å². The average Bonchev–Trinajstić information content (AvgIpc) is 2.31. The van der Waals surface area contributed by atoms with Crippen LogP contribution in [0.3, 0.4) is 0 Å². The molecule has 5 nitrogen and oxygen atoms in total. The van der Waals surface area contributed by atoms with Gasteiger partial charge in [-0.2, -0.15) is 0 Å². The normalized spacial score (nSPS) is 22.1. The van der Waals surface area contributed by atoms with Crippen LogP contribution in [0.15, 0.2) is 0 Å². The first kappa shape index (κ1) is 21.6. The van der Waals surface area contributed by atoms with Crippen molar-refractivity contribution in [1.82, 2.24) is 9.80 Å². The van der Waals surface area contributed by atoms with Crippen molar-refractivity contribution in [1.29, 1.82) is 0 Å². The molecule has 0 aromatic rings. The molecule has 0 unspecified atom stereocenters. The first-order valence-corrected chi connectivity index (χ1v) is 6.47. The molecule has 0 radical (unpaired) electrons. The fourth-order valence-electron chi connectivity index (χ4n) is 2.13. The zero-order valence-electron chi connectivity index (χ0n) is 11.3. The first-order valence-electron chi connectivity index (χ1n) is 6.47. The van der Waals surface area contributed by atoms with E-state index in [0.717, 1.165) is 39.3 Å². The van der Waals surface area contributed by atoms with Crippen molar-refractivity contribution in [3.05, 3.63) is 5.32 Å². The van der Waals surface area contributed by atoms with Gasteiger partial charge in [-0.05, 0) is 26.2 Å². The van der Waals surface area contributed by atoms with Gasteiger partial charge in [0.25, 0.3) is 0 Å². The van der Waals surface area contributed by atoms with Crippen LogP contribution in [0.5, 0.6) is 0 Å². The Morgan fingerprint density at radius 1 is 0.895 bits per heavy atom. The van der Waals surface area contributed by atoms with E-state index in [2.05, 4.69) is 15.1 Å². The van der Waals surface area contributed by atoms with Gasteiger partial charge >= 0.3 is 17.1 Å². The van der Waals surface area contributed by atoms with Crippen LogP contribution in [0.25, 0.3) is 5.32 Å². The fourth-order valence-corrected chi connectivity index (χ4v) is 2.13. The number of hydrogen-bond donors (Lipinski definition) is 0. The molecule has 0 saturated carbocycles. The Morgan fingerprint density at radius 3 is 1.58 bits per heavy atom. The first-order chi connectivity index (χ1) is 8.08. The third-order valence-electron chi connectivity index (χ3n) is 2.91. The van der Waals surface area contributed by atoms with E-state index in [-0.39, 0.29) is 24.5 Å². The fraction of sp³-hybridized carbons (Fsp3) is 1.00. The molecule has 2 atom stereocenters. The summed E-state index contributed by atoms with van der Waals surface area (Å²) in [5.74, 6) is 0. The standard InChI is InChI=1S/C12H24N3O2.CH4.Fe/c1-11(16)9-14-5-3-13-4-6-15(8-7-14)10-12(2)17;;/h11-12H,3-10H2,1-2H3;1H4;/q-3;;+6/t11-,12-;;/m0../s1. The van der Waals surface area contributed by atoms with E-state index in [9.17, 15) is 10.2 Å². The molecule has 0 aliphatic carbocycles. The van der Waals surface area contributed by atoms with Gasteiger partial charge in [-0.3, -0.25) is 0 Å². The van der Waals surface area contributed by atoms with Crippen molar-refractivity contribution in [2.75, 3.05) is 52.4 Å². The third-order valence-corrected chi connectivity index (χ3v) is 2.91. The second-order valence-electron chi connectivity index (χ2n) is 4.89. The van der Waals surface area contributed by atoms with E-state index in [1.807, 2.05) is 0 Å². The van der Waals surface area contributed by atoms with Crippen LogP contribution >= 0.6 is 0 Å². The van der Waals surface area contributed by atoms with Crippen LogP contribution < -0.4 is 10.2 Å². The molecule has 0 aromatic heterocycles. The smallest absolute Gasteiger partial charge is 0.851 e. The molecule has 0 N–H and O–H groups in total. The van der Waals surface area contributed by atoms with Gasteiger partial charge in [0.05, 0.1) is 0 Å². The largest absolute Gasteiger partial charge is 6.00 e. The third kappa shape index (κ3) is 10.7. The topological polar surface area (TPSA) is 66.7 Å². The quantitative estimate of drug-likeness (QED) is 0.632. The predicted octanol–water partition coefficient (Wildman–Crippen LogP) is -0.891. The van der Waals surface area contributed by atoms with Crippen LogP contribution in [0.4, 0.5) is 0 Å². The molecular weight excluding hydrogens is 286 g/mol. The molecule has 1 fully saturated rings. The molecule has 0 aromatic carbocycles. The maximum absolute atomic E-state index is 11.2. The molecule has 1 saturated heterocycles. The maximum atomic E-state index is 11.2. The van der Waals surface area contributed by atoms with Gasteiger partial charge in [-0.1, -0.05) is 21.3 Å². The number of nitrogens with zero attached hydrogens (tertiary/aromatic N) is 3. The van der Waals surface area contributed by atoms with Gasteiger partial charge < -0.3 is 25.3 Å². The van der Waals surface area contributed by atoms with Crippen molar-refractivity contribution in [3.63, 3.8) is 0 Å². The number of hydrogen-bond acceptors (Lipinski definition) is 4. The van der Waals surface area contributed by atoms with E-state index in [1.165, 1.54) is 0 Å². The molecule has 112 valence electrons. The van der Waals surface area contributed by atoms with Gasteiger partial charge in [0, 0.05) is 13.1 Å². The van der Waals surface area contributed by atoms with Crippen LogP contribution in [0.1, 0.15) is 21.3 Å². The van der Waals surface area contributed by atoms with Crippen molar-refractivity contribution in [3.8, 4) is 0 Å².